The lowest BCUT2D eigenvalue weighted by molar-refractivity contribution is 0.0899. The number of aromatic hydroxyl groups is 1. The van der Waals surface area contributed by atoms with E-state index in [1.165, 1.54) is 6.07 Å². The molecule has 0 spiro atoms. The number of benzene rings is 1. The summed E-state index contributed by atoms with van der Waals surface area (Å²) in [5.41, 5.74) is 0.724. The molecule has 0 heterocycles. The first-order chi connectivity index (χ1) is 7.85. The standard InChI is InChI=1S/C13H19NO3/c1-9-8-10(4-5-11(9)16)12(17)14-13(2,3)6-7-15/h4-5,8,15-16H,6-7H2,1-3H3,(H,14,17). The molecule has 0 fully saturated rings. The number of aryl methyl sites for hydroxylation is 1. The molecule has 0 aliphatic rings. The van der Waals surface area contributed by atoms with Crippen LogP contribution >= 0.6 is 0 Å². The fraction of sp³-hybridized carbons (Fsp3) is 0.462. The highest BCUT2D eigenvalue weighted by Crippen LogP contribution is 2.17. The van der Waals surface area contributed by atoms with Gasteiger partial charge in [0.05, 0.1) is 0 Å². The van der Waals surface area contributed by atoms with Crippen molar-refractivity contribution in [1.82, 2.24) is 5.32 Å². The molecule has 0 radical (unpaired) electrons. The van der Waals surface area contributed by atoms with Crippen LogP contribution in [0, 0.1) is 6.92 Å². The third kappa shape index (κ3) is 3.75. The monoisotopic (exact) mass is 237 g/mol. The summed E-state index contributed by atoms with van der Waals surface area (Å²) in [6, 6.07) is 4.72. The first kappa shape index (κ1) is 13.5. The first-order valence-corrected chi connectivity index (χ1v) is 5.59. The molecule has 1 amide bonds. The smallest absolute Gasteiger partial charge is 0.251 e. The van der Waals surface area contributed by atoms with E-state index in [-0.39, 0.29) is 18.3 Å². The summed E-state index contributed by atoms with van der Waals surface area (Å²) in [6.07, 6.45) is 0.496. The number of phenols is 1. The van der Waals surface area contributed by atoms with Gasteiger partial charge >= 0.3 is 0 Å². The van der Waals surface area contributed by atoms with Crippen molar-refractivity contribution in [3.05, 3.63) is 29.3 Å². The predicted molar refractivity (Wildman–Crippen MR) is 66.1 cm³/mol. The number of carbonyl (C=O) groups is 1. The number of amides is 1. The highest BCUT2D eigenvalue weighted by atomic mass is 16.3. The number of carbonyl (C=O) groups excluding carboxylic acids is 1. The molecular formula is C13H19NO3. The van der Waals surface area contributed by atoms with Gasteiger partial charge in [0.25, 0.3) is 5.91 Å². The summed E-state index contributed by atoms with van der Waals surface area (Å²) in [5, 5.41) is 21.1. The van der Waals surface area contributed by atoms with Crippen molar-refractivity contribution < 1.29 is 15.0 Å². The minimum Gasteiger partial charge on any atom is -0.508 e. The molecule has 1 rings (SSSR count). The molecule has 0 unspecified atom stereocenters. The molecule has 0 aromatic heterocycles. The molecule has 4 nitrogen and oxygen atoms in total. The third-order valence-corrected chi connectivity index (χ3v) is 2.65. The average molecular weight is 237 g/mol. The minimum atomic E-state index is -0.447. The fourth-order valence-corrected chi connectivity index (χ4v) is 1.52. The molecule has 1 aromatic carbocycles. The van der Waals surface area contributed by atoms with E-state index in [0.29, 0.717) is 17.5 Å². The number of rotatable bonds is 4. The zero-order chi connectivity index (χ0) is 13.1. The number of hydrogen-bond acceptors (Lipinski definition) is 3. The van der Waals surface area contributed by atoms with Gasteiger partial charge in [-0.3, -0.25) is 4.79 Å². The van der Waals surface area contributed by atoms with Crippen molar-refractivity contribution in [2.75, 3.05) is 6.61 Å². The molecule has 17 heavy (non-hydrogen) atoms. The van der Waals surface area contributed by atoms with Crippen LogP contribution in [0.15, 0.2) is 18.2 Å². The van der Waals surface area contributed by atoms with E-state index in [9.17, 15) is 9.90 Å². The number of hydrogen-bond donors (Lipinski definition) is 3. The van der Waals surface area contributed by atoms with Gasteiger partial charge in [0.2, 0.25) is 0 Å². The Hall–Kier alpha value is -1.55. The van der Waals surface area contributed by atoms with Crippen LogP contribution in [0.1, 0.15) is 36.2 Å². The van der Waals surface area contributed by atoms with Crippen molar-refractivity contribution in [3.63, 3.8) is 0 Å². The van der Waals surface area contributed by atoms with Crippen LogP contribution in [0.3, 0.4) is 0 Å². The van der Waals surface area contributed by atoms with Gasteiger partial charge in [0.15, 0.2) is 0 Å². The molecule has 0 bridgehead atoms. The summed E-state index contributed by atoms with van der Waals surface area (Å²) >= 11 is 0. The number of aliphatic hydroxyl groups is 1. The van der Waals surface area contributed by atoms with E-state index in [1.807, 2.05) is 13.8 Å². The van der Waals surface area contributed by atoms with Gasteiger partial charge < -0.3 is 15.5 Å². The Kier molecular flexibility index (Phi) is 4.12. The molecule has 0 saturated carbocycles. The number of nitrogens with one attached hydrogen (secondary N) is 1. The van der Waals surface area contributed by atoms with E-state index >= 15 is 0 Å². The summed E-state index contributed by atoms with van der Waals surface area (Å²) in [6.45, 7) is 5.48. The largest absolute Gasteiger partial charge is 0.508 e. The van der Waals surface area contributed by atoms with E-state index in [0.717, 1.165) is 0 Å². The van der Waals surface area contributed by atoms with Gasteiger partial charge in [-0.15, -0.1) is 0 Å². The highest BCUT2D eigenvalue weighted by molar-refractivity contribution is 5.95. The van der Waals surface area contributed by atoms with Crippen LogP contribution in [-0.2, 0) is 0 Å². The van der Waals surface area contributed by atoms with Crippen molar-refractivity contribution in [1.29, 1.82) is 0 Å². The van der Waals surface area contributed by atoms with Crippen LogP contribution in [0.2, 0.25) is 0 Å². The highest BCUT2D eigenvalue weighted by Gasteiger charge is 2.20. The van der Waals surface area contributed by atoms with Crippen LogP contribution in [0.4, 0.5) is 0 Å². The van der Waals surface area contributed by atoms with E-state index < -0.39 is 5.54 Å². The molecule has 0 atom stereocenters. The maximum Gasteiger partial charge on any atom is 0.251 e. The lowest BCUT2D eigenvalue weighted by atomic mass is 10.00. The lowest BCUT2D eigenvalue weighted by Crippen LogP contribution is -2.44. The van der Waals surface area contributed by atoms with Crippen LogP contribution in [-0.4, -0.2) is 28.3 Å². The zero-order valence-corrected chi connectivity index (χ0v) is 10.4. The fourth-order valence-electron chi connectivity index (χ4n) is 1.52. The number of aliphatic hydroxyl groups excluding tert-OH is 1. The van der Waals surface area contributed by atoms with Gasteiger partial charge in [-0.25, -0.2) is 0 Å². The van der Waals surface area contributed by atoms with Crippen LogP contribution < -0.4 is 5.32 Å². The SMILES string of the molecule is Cc1cc(C(=O)NC(C)(C)CCO)ccc1O. The Morgan fingerprint density at radius 1 is 1.41 bits per heavy atom. The maximum absolute atomic E-state index is 11.9. The summed E-state index contributed by atoms with van der Waals surface area (Å²) < 4.78 is 0. The molecule has 94 valence electrons. The molecule has 3 N–H and O–H groups in total. The minimum absolute atomic E-state index is 0.0296. The van der Waals surface area contributed by atoms with Crippen LogP contribution in [0.5, 0.6) is 5.75 Å². The Bertz CT molecular complexity index is 413. The lowest BCUT2D eigenvalue weighted by Gasteiger charge is -2.25. The topological polar surface area (TPSA) is 69.6 Å². The quantitative estimate of drug-likeness (QED) is 0.744. The normalized spacial score (nSPS) is 11.3. The van der Waals surface area contributed by atoms with E-state index in [1.54, 1.807) is 19.1 Å². The second-order valence-electron chi connectivity index (χ2n) is 4.81. The van der Waals surface area contributed by atoms with Crippen molar-refractivity contribution >= 4 is 5.91 Å². The Labute approximate surface area is 101 Å². The predicted octanol–water partition coefficient (Wildman–Crippen LogP) is 1.59. The number of phenolic OH excluding ortho intramolecular Hbond substituents is 1. The van der Waals surface area contributed by atoms with E-state index in [2.05, 4.69) is 5.32 Å². The van der Waals surface area contributed by atoms with Gasteiger partial charge in [-0.1, -0.05) is 0 Å². The van der Waals surface area contributed by atoms with Crippen molar-refractivity contribution in [3.8, 4) is 5.75 Å². The first-order valence-electron chi connectivity index (χ1n) is 5.59. The second-order valence-corrected chi connectivity index (χ2v) is 4.81. The molecule has 1 aromatic rings. The Balaban J connectivity index is 2.80. The van der Waals surface area contributed by atoms with Crippen molar-refractivity contribution in [2.24, 2.45) is 0 Å². The Morgan fingerprint density at radius 2 is 2.06 bits per heavy atom. The molecular weight excluding hydrogens is 218 g/mol. The summed E-state index contributed by atoms with van der Waals surface area (Å²) in [5.74, 6) is -0.0253. The summed E-state index contributed by atoms with van der Waals surface area (Å²) in [4.78, 5) is 11.9. The van der Waals surface area contributed by atoms with E-state index in [4.69, 9.17) is 5.11 Å². The maximum atomic E-state index is 11.9. The zero-order valence-electron chi connectivity index (χ0n) is 10.4. The van der Waals surface area contributed by atoms with Gasteiger partial charge in [0, 0.05) is 17.7 Å². The summed E-state index contributed by atoms with van der Waals surface area (Å²) in [7, 11) is 0. The van der Waals surface area contributed by atoms with Crippen molar-refractivity contribution in [2.45, 2.75) is 32.7 Å². The van der Waals surface area contributed by atoms with Gasteiger partial charge in [0.1, 0.15) is 5.75 Å². The molecule has 0 aliphatic carbocycles. The Morgan fingerprint density at radius 3 is 2.59 bits per heavy atom. The molecule has 0 aliphatic heterocycles. The van der Waals surface area contributed by atoms with Gasteiger partial charge in [-0.2, -0.15) is 0 Å². The van der Waals surface area contributed by atoms with Gasteiger partial charge in [-0.05, 0) is 51.0 Å². The molecule has 4 heteroatoms. The third-order valence-electron chi connectivity index (χ3n) is 2.65. The molecule has 0 saturated heterocycles. The van der Waals surface area contributed by atoms with Crippen LogP contribution in [0.25, 0.3) is 0 Å². The average Bonchev–Trinajstić information content (AvgIpc) is 2.21. The second kappa shape index (κ2) is 5.19.